The lowest BCUT2D eigenvalue weighted by Gasteiger charge is -2.36. The molecular formula is C29H38N6O4S. The van der Waals surface area contributed by atoms with Crippen LogP contribution in [-0.4, -0.2) is 86.2 Å². The second-order valence-electron chi connectivity index (χ2n) is 11.4. The third-order valence-corrected chi connectivity index (χ3v) is 9.12. The summed E-state index contributed by atoms with van der Waals surface area (Å²) in [6.07, 6.45) is 7.65. The van der Waals surface area contributed by atoms with Gasteiger partial charge in [0, 0.05) is 32.1 Å². The highest BCUT2D eigenvalue weighted by molar-refractivity contribution is 7.89. The molecule has 1 amide bonds. The van der Waals surface area contributed by atoms with Gasteiger partial charge in [-0.1, -0.05) is 24.6 Å². The molecule has 2 aromatic heterocycles. The highest BCUT2D eigenvalue weighted by Gasteiger charge is 2.32. The monoisotopic (exact) mass is 566 g/mol. The van der Waals surface area contributed by atoms with Crippen LogP contribution in [0.4, 0.5) is 5.69 Å². The third-order valence-electron chi connectivity index (χ3n) is 8.56. The molecule has 0 bridgehead atoms. The van der Waals surface area contributed by atoms with Crippen molar-refractivity contribution in [2.75, 3.05) is 57.1 Å². The van der Waals surface area contributed by atoms with Crippen LogP contribution < -0.4 is 9.62 Å². The van der Waals surface area contributed by atoms with Gasteiger partial charge in [-0.2, -0.15) is 5.10 Å². The van der Waals surface area contributed by atoms with E-state index in [1.165, 1.54) is 12.8 Å². The van der Waals surface area contributed by atoms with Crippen LogP contribution in [0.15, 0.2) is 36.4 Å². The summed E-state index contributed by atoms with van der Waals surface area (Å²) < 4.78 is 33.2. The maximum atomic E-state index is 13.1. The number of para-hydroxylation sites is 1. The molecule has 40 heavy (non-hydrogen) atoms. The van der Waals surface area contributed by atoms with Gasteiger partial charge < -0.3 is 9.64 Å². The lowest BCUT2D eigenvalue weighted by atomic mass is 9.81. The molecular weight excluding hydrogens is 528 g/mol. The summed E-state index contributed by atoms with van der Waals surface area (Å²) >= 11 is 0. The van der Waals surface area contributed by atoms with Gasteiger partial charge in [-0.25, -0.2) is 22.8 Å². The molecule has 3 fully saturated rings. The number of carbonyl (C=O) groups excluding carboxylic acids is 1. The molecule has 4 heterocycles. The zero-order valence-corrected chi connectivity index (χ0v) is 23.9. The smallest absolute Gasteiger partial charge is 0.283 e. The van der Waals surface area contributed by atoms with E-state index in [1.807, 2.05) is 35.0 Å². The maximum absolute atomic E-state index is 13.1. The number of morpholine rings is 1. The fourth-order valence-electron chi connectivity index (χ4n) is 6.08. The van der Waals surface area contributed by atoms with E-state index in [0.717, 1.165) is 100 Å². The van der Waals surface area contributed by atoms with Crippen molar-refractivity contribution < 1.29 is 17.9 Å². The number of hydrogen-bond acceptors (Lipinski definition) is 8. The molecule has 2 saturated heterocycles. The summed E-state index contributed by atoms with van der Waals surface area (Å²) in [4.78, 5) is 22.6. The second kappa shape index (κ2) is 11.5. The number of rotatable bonds is 8. The Labute approximate surface area is 235 Å². The standard InChI is InChI=1S/C29H38N6O4S/c1-40(37,38)32-29(36)24-20-25(34-14-11-21(12-15-34)10-13-33-16-18-39-19-17-33)26-27(22-6-5-7-22)31-35(28(26)30-24)23-8-3-2-4-9-23/h2-4,8-9,20-22H,5-7,10-19H2,1H3,(H,32,36). The number of nitrogens with one attached hydrogen (secondary N) is 1. The van der Waals surface area contributed by atoms with Gasteiger partial charge in [0.05, 0.1) is 41.9 Å². The van der Waals surface area contributed by atoms with Gasteiger partial charge in [-0.3, -0.25) is 9.69 Å². The molecule has 0 spiro atoms. The molecule has 3 aromatic rings. The van der Waals surface area contributed by atoms with Gasteiger partial charge >= 0.3 is 0 Å². The highest BCUT2D eigenvalue weighted by Crippen LogP contribution is 2.43. The molecule has 214 valence electrons. The maximum Gasteiger partial charge on any atom is 0.283 e. The normalized spacial score (nSPS) is 19.6. The Hall–Kier alpha value is -3.02. The van der Waals surface area contributed by atoms with E-state index in [1.54, 1.807) is 6.07 Å². The van der Waals surface area contributed by atoms with Gasteiger partial charge in [0.15, 0.2) is 5.65 Å². The Kier molecular flexibility index (Phi) is 7.78. The number of ether oxygens (including phenoxy) is 1. The zero-order chi connectivity index (χ0) is 27.7. The van der Waals surface area contributed by atoms with Gasteiger partial charge in [0.2, 0.25) is 10.0 Å². The highest BCUT2D eigenvalue weighted by atomic mass is 32.2. The average Bonchev–Trinajstić information content (AvgIpc) is 3.30. The van der Waals surface area contributed by atoms with Crippen molar-refractivity contribution in [3.05, 3.63) is 47.8 Å². The Bertz CT molecular complexity index is 1460. The summed E-state index contributed by atoms with van der Waals surface area (Å²) in [7, 11) is -3.74. The van der Waals surface area contributed by atoms with E-state index < -0.39 is 15.9 Å². The fraction of sp³-hybridized carbons (Fsp3) is 0.552. The fourth-order valence-corrected chi connectivity index (χ4v) is 6.52. The van der Waals surface area contributed by atoms with Crippen LogP contribution in [0, 0.1) is 5.92 Å². The summed E-state index contributed by atoms with van der Waals surface area (Å²) in [5, 5.41) is 6.05. The molecule has 0 radical (unpaired) electrons. The summed E-state index contributed by atoms with van der Waals surface area (Å²) in [6.45, 7) is 6.54. The Morgan fingerprint density at radius 1 is 1.05 bits per heavy atom. The number of sulfonamides is 1. The van der Waals surface area contributed by atoms with E-state index in [4.69, 9.17) is 14.8 Å². The number of anilines is 1. The van der Waals surface area contributed by atoms with Crippen molar-refractivity contribution in [1.29, 1.82) is 0 Å². The minimum Gasteiger partial charge on any atom is -0.379 e. The van der Waals surface area contributed by atoms with Crippen LogP contribution >= 0.6 is 0 Å². The molecule has 1 aromatic carbocycles. The van der Waals surface area contributed by atoms with Crippen molar-refractivity contribution in [2.24, 2.45) is 5.92 Å². The Morgan fingerprint density at radius 2 is 1.77 bits per heavy atom. The first-order valence-electron chi connectivity index (χ1n) is 14.4. The molecule has 2 aliphatic heterocycles. The molecule has 0 atom stereocenters. The minimum absolute atomic E-state index is 0.0830. The number of fused-ring (bicyclic) bond motifs is 1. The quantitative estimate of drug-likeness (QED) is 0.442. The number of amides is 1. The number of pyridine rings is 1. The topological polar surface area (TPSA) is 110 Å². The van der Waals surface area contributed by atoms with E-state index in [9.17, 15) is 13.2 Å². The molecule has 1 aliphatic carbocycles. The van der Waals surface area contributed by atoms with Crippen molar-refractivity contribution in [2.45, 2.75) is 44.4 Å². The lowest BCUT2D eigenvalue weighted by molar-refractivity contribution is 0.0349. The van der Waals surface area contributed by atoms with E-state index in [-0.39, 0.29) is 5.69 Å². The zero-order valence-electron chi connectivity index (χ0n) is 23.1. The first-order valence-corrected chi connectivity index (χ1v) is 16.3. The molecule has 11 heteroatoms. The van der Waals surface area contributed by atoms with Crippen LogP contribution in [-0.2, 0) is 14.8 Å². The number of carbonyl (C=O) groups is 1. The molecule has 1 saturated carbocycles. The third kappa shape index (κ3) is 5.87. The van der Waals surface area contributed by atoms with Crippen LogP contribution in [0.5, 0.6) is 0 Å². The van der Waals surface area contributed by atoms with Gasteiger partial charge in [0.1, 0.15) is 5.69 Å². The van der Waals surface area contributed by atoms with Crippen molar-refractivity contribution in [1.82, 2.24) is 24.4 Å². The van der Waals surface area contributed by atoms with Crippen LogP contribution in [0.1, 0.15) is 60.6 Å². The van der Waals surface area contributed by atoms with Crippen LogP contribution in [0.2, 0.25) is 0 Å². The molecule has 3 aliphatic rings. The summed E-state index contributed by atoms with van der Waals surface area (Å²) in [5.41, 5.74) is 3.49. The van der Waals surface area contributed by atoms with E-state index >= 15 is 0 Å². The van der Waals surface area contributed by atoms with Crippen molar-refractivity contribution in [3.8, 4) is 5.69 Å². The van der Waals surface area contributed by atoms with Gasteiger partial charge in [-0.05, 0) is 62.8 Å². The second-order valence-corrected chi connectivity index (χ2v) is 13.1. The number of nitrogens with zero attached hydrogens (tertiary/aromatic N) is 5. The van der Waals surface area contributed by atoms with Crippen LogP contribution in [0.3, 0.4) is 0 Å². The first kappa shape index (κ1) is 27.2. The molecule has 10 nitrogen and oxygen atoms in total. The lowest BCUT2D eigenvalue weighted by Crippen LogP contribution is -2.39. The minimum atomic E-state index is -3.74. The van der Waals surface area contributed by atoms with Gasteiger partial charge in [-0.15, -0.1) is 0 Å². The Balaban J connectivity index is 1.35. The predicted octanol–water partition coefficient (Wildman–Crippen LogP) is 3.32. The number of hydrogen-bond donors (Lipinski definition) is 1. The van der Waals surface area contributed by atoms with E-state index in [2.05, 4.69) is 14.5 Å². The average molecular weight is 567 g/mol. The molecule has 1 N–H and O–H groups in total. The van der Waals surface area contributed by atoms with Crippen LogP contribution in [0.25, 0.3) is 16.7 Å². The number of benzene rings is 1. The summed E-state index contributed by atoms with van der Waals surface area (Å²) in [5.74, 6) is 0.286. The molecule has 0 unspecified atom stereocenters. The number of aromatic nitrogens is 3. The van der Waals surface area contributed by atoms with Gasteiger partial charge in [0.25, 0.3) is 5.91 Å². The Morgan fingerprint density at radius 3 is 2.42 bits per heavy atom. The largest absolute Gasteiger partial charge is 0.379 e. The van der Waals surface area contributed by atoms with Crippen molar-refractivity contribution in [3.63, 3.8) is 0 Å². The first-order chi connectivity index (χ1) is 19.4. The molecule has 6 rings (SSSR count). The summed E-state index contributed by atoms with van der Waals surface area (Å²) in [6, 6.07) is 11.6. The van der Waals surface area contributed by atoms with E-state index in [0.29, 0.717) is 17.5 Å². The number of piperidine rings is 1. The SMILES string of the molecule is CS(=O)(=O)NC(=O)c1cc(N2CCC(CCN3CCOCC3)CC2)c2c(C3CCC3)nn(-c3ccccc3)c2n1. The predicted molar refractivity (Wildman–Crippen MR) is 155 cm³/mol. The van der Waals surface area contributed by atoms with Crippen molar-refractivity contribution >= 4 is 32.7 Å².